The summed E-state index contributed by atoms with van der Waals surface area (Å²) < 4.78 is 0. The summed E-state index contributed by atoms with van der Waals surface area (Å²) in [5, 5.41) is 0. The molecule has 0 aliphatic rings. The normalized spacial score (nSPS) is 4.19. The molecule has 0 spiro atoms. The first-order valence-electron chi connectivity index (χ1n) is 4.98. The van der Waals surface area contributed by atoms with Crippen molar-refractivity contribution in [2.75, 3.05) is 0 Å². The lowest BCUT2D eigenvalue weighted by Gasteiger charge is -1.60. The van der Waals surface area contributed by atoms with E-state index in [1.807, 2.05) is 0 Å². The molecule has 0 aromatic carbocycles. The smallest absolute Gasteiger partial charge is 0.214 e. The molecular weight excluding hydrogens is 360 g/mol. The Morgan fingerprint density at radius 1 is 0.500 bits per heavy atom. The summed E-state index contributed by atoms with van der Waals surface area (Å²) in [7, 11) is 0. The third kappa shape index (κ3) is 387. The van der Waals surface area contributed by atoms with Crippen LogP contribution in [-0.4, -0.2) is 50.8 Å². The number of amides is 8. The van der Waals surface area contributed by atoms with Crippen molar-refractivity contribution in [1.29, 1.82) is 0 Å². The molecule has 0 aromatic rings. The maximum Gasteiger partial charge on any atom is 0.214 e. The van der Waals surface area contributed by atoms with Gasteiger partial charge in [0.25, 0.3) is 0 Å². The standard InChI is InChI=1S/C2H5NO.7CH3NO.CH4/c1-2(3)4;7*2-1-3;/h1H3,(H2,3,4);7*1H,(H2,2,3);1H4. The van der Waals surface area contributed by atoms with Crippen molar-refractivity contribution >= 4 is 50.8 Å². The topological polar surface area (TPSA) is 345 Å². The first-order chi connectivity index (χ1) is 11.6. The van der Waals surface area contributed by atoms with Gasteiger partial charge in [0.2, 0.25) is 50.8 Å². The van der Waals surface area contributed by atoms with Crippen LogP contribution in [0.4, 0.5) is 0 Å². The summed E-state index contributed by atoms with van der Waals surface area (Å²) in [4.78, 5) is 69.3. The highest BCUT2D eigenvalue weighted by Crippen LogP contribution is 1.33. The zero-order valence-corrected chi connectivity index (χ0v) is 13.4. The molecule has 0 aliphatic carbocycles. The summed E-state index contributed by atoms with van der Waals surface area (Å²) in [6.45, 7) is 1.31. The summed E-state index contributed by atoms with van der Waals surface area (Å²) in [6, 6.07) is 0. The molecule has 0 aliphatic heterocycles. The van der Waals surface area contributed by atoms with Crippen molar-refractivity contribution in [3.05, 3.63) is 0 Å². The third-order valence-electron chi connectivity index (χ3n) is 0. The SMILES string of the molecule is C.CC(N)=O.NC=O.NC=O.NC=O.NC=O.NC=O.NC=O.NC=O. The summed E-state index contributed by atoms with van der Waals surface area (Å²) >= 11 is 0. The van der Waals surface area contributed by atoms with Gasteiger partial charge in [-0.05, 0) is 0 Å². The Bertz CT molecular complexity index is 217. The fourth-order valence-electron chi connectivity index (χ4n) is 0. The fraction of sp³-hybridized carbons (Fsp3) is 0.200. The molecule has 16 heteroatoms. The van der Waals surface area contributed by atoms with Gasteiger partial charge >= 0.3 is 0 Å². The number of rotatable bonds is 0. The average molecular weight is 390 g/mol. The average Bonchev–Trinajstić information content (AvgIpc) is 2.43. The maximum absolute atomic E-state index is 9.22. The second kappa shape index (κ2) is 244. The molecule has 16 nitrogen and oxygen atoms in total. The third-order valence-corrected chi connectivity index (χ3v) is 0. The second-order valence-corrected chi connectivity index (χ2v) is 1.56. The zero-order chi connectivity index (χ0) is 22.5. The fourth-order valence-corrected chi connectivity index (χ4v) is 0. The van der Waals surface area contributed by atoms with Crippen LogP contribution in [0.3, 0.4) is 0 Å². The van der Waals surface area contributed by atoms with Gasteiger partial charge in [0.1, 0.15) is 0 Å². The van der Waals surface area contributed by atoms with E-state index in [1.165, 1.54) is 6.92 Å². The molecular formula is C10H30N8O8. The molecule has 158 valence electrons. The molecule has 16 N–H and O–H groups in total. The van der Waals surface area contributed by atoms with Crippen molar-refractivity contribution < 1.29 is 38.4 Å². The first kappa shape index (κ1) is 57.6. The molecule has 0 bridgehead atoms. The lowest BCUT2D eigenvalue weighted by molar-refractivity contribution is -0.116. The summed E-state index contributed by atoms with van der Waals surface area (Å²) in [5.41, 5.74) is 33.6. The zero-order valence-electron chi connectivity index (χ0n) is 13.4. The molecule has 0 saturated carbocycles. The van der Waals surface area contributed by atoms with Gasteiger partial charge in [-0.15, -0.1) is 0 Å². The van der Waals surface area contributed by atoms with E-state index in [9.17, 15) is 4.79 Å². The van der Waals surface area contributed by atoms with Gasteiger partial charge in [-0.3, -0.25) is 38.4 Å². The van der Waals surface area contributed by atoms with Crippen LogP contribution in [0.5, 0.6) is 0 Å². The number of nitrogens with two attached hydrogens (primary N) is 8. The van der Waals surface area contributed by atoms with E-state index in [4.69, 9.17) is 33.6 Å². The van der Waals surface area contributed by atoms with Gasteiger partial charge in [0, 0.05) is 6.92 Å². The van der Waals surface area contributed by atoms with E-state index in [0.717, 1.165) is 0 Å². The van der Waals surface area contributed by atoms with Gasteiger partial charge in [0.15, 0.2) is 0 Å². The molecule has 0 radical (unpaired) electrons. The van der Waals surface area contributed by atoms with Gasteiger partial charge < -0.3 is 45.9 Å². The van der Waals surface area contributed by atoms with Crippen LogP contribution in [0, 0.1) is 0 Å². The largest absolute Gasteiger partial charge is 0.372 e. The Labute approximate surface area is 150 Å². The van der Waals surface area contributed by atoms with Gasteiger partial charge in [-0.1, -0.05) is 7.43 Å². The van der Waals surface area contributed by atoms with Crippen LogP contribution in [0.1, 0.15) is 14.4 Å². The van der Waals surface area contributed by atoms with E-state index in [2.05, 4.69) is 45.9 Å². The Morgan fingerprint density at radius 2 is 0.500 bits per heavy atom. The highest BCUT2D eigenvalue weighted by Gasteiger charge is 1.61. The van der Waals surface area contributed by atoms with Crippen molar-refractivity contribution in [1.82, 2.24) is 0 Å². The van der Waals surface area contributed by atoms with Crippen molar-refractivity contribution in [3.8, 4) is 0 Å². The number of hydrogen-bond donors (Lipinski definition) is 8. The molecule has 26 heavy (non-hydrogen) atoms. The minimum Gasteiger partial charge on any atom is -0.372 e. The number of carbonyl (C=O) groups excluding carboxylic acids is 8. The molecule has 0 unspecified atom stereocenters. The van der Waals surface area contributed by atoms with Crippen LogP contribution >= 0.6 is 0 Å². The lowest BCUT2D eigenvalue weighted by atomic mass is 10.8. The summed E-state index contributed by atoms with van der Waals surface area (Å²) in [6.07, 6.45) is 1.75. The van der Waals surface area contributed by atoms with Crippen molar-refractivity contribution in [3.63, 3.8) is 0 Å². The van der Waals surface area contributed by atoms with Gasteiger partial charge in [-0.25, -0.2) is 0 Å². The first-order valence-corrected chi connectivity index (χ1v) is 4.98. The number of hydrogen-bond acceptors (Lipinski definition) is 8. The molecule has 8 amide bonds. The Morgan fingerprint density at radius 3 is 0.500 bits per heavy atom. The Kier molecular flexibility index (Phi) is 541. The molecule has 0 aromatic heterocycles. The lowest BCUT2D eigenvalue weighted by Crippen LogP contribution is -2.01. The van der Waals surface area contributed by atoms with E-state index < -0.39 is 0 Å². The highest BCUT2D eigenvalue weighted by molar-refractivity contribution is 5.70. The minimum atomic E-state index is -0.333. The molecule has 0 atom stereocenters. The van der Waals surface area contributed by atoms with Crippen LogP contribution in [0.25, 0.3) is 0 Å². The van der Waals surface area contributed by atoms with Crippen LogP contribution < -0.4 is 45.9 Å². The van der Waals surface area contributed by atoms with E-state index in [0.29, 0.717) is 0 Å². The number of primary amides is 8. The van der Waals surface area contributed by atoms with E-state index in [1.54, 1.807) is 0 Å². The highest BCUT2D eigenvalue weighted by atomic mass is 16.1. The maximum atomic E-state index is 9.22. The van der Waals surface area contributed by atoms with Crippen molar-refractivity contribution in [2.24, 2.45) is 45.9 Å². The van der Waals surface area contributed by atoms with E-state index >= 15 is 0 Å². The van der Waals surface area contributed by atoms with Crippen LogP contribution in [0.2, 0.25) is 0 Å². The van der Waals surface area contributed by atoms with Gasteiger partial charge in [-0.2, -0.15) is 0 Å². The van der Waals surface area contributed by atoms with Crippen LogP contribution in [0.15, 0.2) is 0 Å². The van der Waals surface area contributed by atoms with E-state index in [-0.39, 0.29) is 58.2 Å². The van der Waals surface area contributed by atoms with Crippen LogP contribution in [-0.2, 0) is 38.4 Å². The predicted octanol–water partition coefficient (Wildman–Crippen LogP) is -6.16. The molecule has 0 heterocycles. The molecule has 0 saturated heterocycles. The monoisotopic (exact) mass is 390 g/mol. The summed E-state index contributed by atoms with van der Waals surface area (Å²) in [5.74, 6) is -0.333. The quantitative estimate of drug-likeness (QED) is 0.183. The molecule has 0 rings (SSSR count). The van der Waals surface area contributed by atoms with Gasteiger partial charge in [0.05, 0.1) is 0 Å². The Hall–Kier alpha value is -4.24. The molecule has 0 fully saturated rings. The second-order valence-electron chi connectivity index (χ2n) is 1.56. The Balaban J connectivity index is -0.0000000181. The van der Waals surface area contributed by atoms with Crippen molar-refractivity contribution in [2.45, 2.75) is 14.4 Å². The number of carbonyl (C=O) groups is 8. The minimum absolute atomic E-state index is 0. The predicted molar refractivity (Wildman–Crippen MR) is 93.4 cm³/mol.